The maximum atomic E-state index is 2.38. The Labute approximate surface area is 240 Å². The van der Waals surface area contributed by atoms with Gasteiger partial charge >= 0.3 is 0 Å². The lowest BCUT2D eigenvalue weighted by Gasteiger charge is -2.28. The summed E-state index contributed by atoms with van der Waals surface area (Å²) in [7, 11) is 0. The first-order chi connectivity index (χ1) is 19.6. The third-order valence-electron chi connectivity index (χ3n) is 7.94. The Morgan fingerprint density at radius 2 is 0.850 bits per heavy atom. The van der Waals surface area contributed by atoms with Crippen LogP contribution in [0.2, 0.25) is 0 Å². The molecule has 0 unspecified atom stereocenters. The summed E-state index contributed by atoms with van der Waals surface area (Å²) in [5.74, 6) is 0. The molecule has 40 heavy (non-hydrogen) atoms. The van der Waals surface area contributed by atoms with Crippen LogP contribution in [0.15, 0.2) is 115 Å². The maximum Gasteiger partial charge on any atom is 0.0463 e. The van der Waals surface area contributed by atoms with E-state index in [1.165, 1.54) is 33.3 Å². The zero-order chi connectivity index (χ0) is 27.9. The summed E-state index contributed by atoms with van der Waals surface area (Å²) in [6.07, 6.45) is 0.915. The molecule has 0 bridgehead atoms. The highest BCUT2D eigenvalue weighted by molar-refractivity contribution is 5.86. The lowest BCUT2D eigenvalue weighted by atomic mass is 9.98. The summed E-state index contributed by atoms with van der Waals surface area (Å²) >= 11 is 0. The smallest absolute Gasteiger partial charge is 0.0463 e. The Balaban J connectivity index is 1.48. The van der Waals surface area contributed by atoms with Crippen molar-refractivity contribution in [3.8, 4) is 0 Å². The second-order valence-corrected chi connectivity index (χ2v) is 10.2. The highest BCUT2D eigenvalue weighted by Gasteiger charge is 2.14. The molecule has 204 valence electrons. The van der Waals surface area contributed by atoms with E-state index in [9.17, 15) is 0 Å². The minimum Gasteiger partial charge on any atom is -0.372 e. The number of hydrogen-bond acceptors (Lipinski definition) is 3. The first-order valence-corrected chi connectivity index (χ1v) is 14.7. The van der Waals surface area contributed by atoms with E-state index in [1.54, 1.807) is 0 Å². The van der Waals surface area contributed by atoms with E-state index in [4.69, 9.17) is 0 Å². The molecule has 5 aromatic carbocycles. The van der Waals surface area contributed by atoms with Crippen LogP contribution >= 0.6 is 0 Å². The van der Waals surface area contributed by atoms with Gasteiger partial charge in [0.1, 0.15) is 0 Å². The van der Waals surface area contributed by atoms with Crippen LogP contribution < -0.4 is 14.7 Å². The minimum atomic E-state index is 0.915. The van der Waals surface area contributed by atoms with Gasteiger partial charge in [-0.15, -0.1) is 0 Å². The van der Waals surface area contributed by atoms with E-state index >= 15 is 0 Å². The van der Waals surface area contributed by atoms with Gasteiger partial charge in [0.05, 0.1) is 0 Å². The van der Waals surface area contributed by atoms with Gasteiger partial charge in [-0.25, -0.2) is 0 Å². The van der Waals surface area contributed by atoms with Crippen LogP contribution in [0.5, 0.6) is 0 Å². The van der Waals surface area contributed by atoms with Gasteiger partial charge in [-0.1, -0.05) is 54.6 Å². The fourth-order valence-corrected chi connectivity index (χ4v) is 5.68. The van der Waals surface area contributed by atoms with Gasteiger partial charge in [-0.05, 0) is 117 Å². The largest absolute Gasteiger partial charge is 0.372 e. The summed E-state index contributed by atoms with van der Waals surface area (Å²) in [6, 6.07) is 42.3. The van der Waals surface area contributed by atoms with E-state index in [0.717, 1.165) is 49.7 Å². The molecule has 5 rings (SSSR count). The van der Waals surface area contributed by atoms with E-state index in [2.05, 4.69) is 158 Å². The van der Waals surface area contributed by atoms with Crippen molar-refractivity contribution in [3.05, 3.63) is 126 Å². The van der Waals surface area contributed by atoms with Crippen LogP contribution in [-0.2, 0) is 6.42 Å². The number of fused-ring (bicyclic) bond motifs is 1. The molecule has 3 nitrogen and oxygen atoms in total. The number of anilines is 5. The fraction of sp³-hybridized carbons (Fsp3) is 0.243. The fourth-order valence-electron chi connectivity index (χ4n) is 5.68. The number of benzene rings is 5. The first kappa shape index (κ1) is 27.3. The van der Waals surface area contributed by atoms with Crippen LogP contribution in [0.3, 0.4) is 0 Å². The van der Waals surface area contributed by atoms with Crippen molar-refractivity contribution < 1.29 is 0 Å². The summed E-state index contributed by atoms with van der Waals surface area (Å²) in [5.41, 5.74) is 8.68. The molecule has 3 heteroatoms. The van der Waals surface area contributed by atoms with Gasteiger partial charge in [0.25, 0.3) is 0 Å². The highest BCUT2D eigenvalue weighted by atomic mass is 15.2. The summed E-state index contributed by atoms with van der Waals surface area (Å²) in [5, 5.41) is 2.63. The van der Waals surface area contributed by atoms with Crippen LogP contribution in [0.4, 0.5) is 28.4 Å². The van der Waals surface area contributed by atoms with Crippen molar-refractivity contribution >= 4 is 39.2 Å². The van der Waals surface area contributed by atoms with Gasteiger partial charge in [0.2, 0.25) is 0 Å². The van der Waals surface area contributed by atoms with Crippen molar-refractivity contribution in [1.82, 2.24) is 0 Å². The lowest BCUT2D eigenvalue weighted by Crippen LogP contribution is -2.22. The molecule has 0 saturated carbocycles. The van der Waals surface area contributed by atoms with Gasteiger partial charge in [-0.3, -0.25) is 0 Å². The molecule has 0 atom stereocenters. The molecule has 5 aromatic rings. The Morgan fingerprint density at radius 1 is 0.425 bits per heavy atom. The molecule has 0 N–H and O–H groups in total. The molecular weight excluding hydrogens is 486 g/mol. The molecule has 0 heterocycles. The van der Waals surface area contributed by atoms with Crippen LogP contribution in [0, 0.1) is 0 Å². The van der Waals surface area contributed by atoms with E-state index in [0.29, 0.717) is 0 Å². The number of rotatable bonds is 11. The second kappa shape index (κ2) is 12.7. The first-order valence-electron chi connectivity index (χ1n) is 14.7. The van der Waals surface area contributed by atoms with Crippen molar-refractivity contribution in [3.63, 3.8) is 0 Å². The zero-order valence-corrected chi connectivity index (χ0v) is 24.3. The van der Waals surface area contributed by atoms with Crippen LogP contribution in [0.25, 0.3) is 10.8 Å². The van der Waals surface area contributed by atoms with Gasteiger partial charge < -0.3 is 14.7 Å². The topological polar surface area (TPSA) is 9.72 Å². The summed E-state index contributed by atoms with van der Waals surface area (Å²) in [4.78, 5) is 7.13. The third kappa shape index (κ3) is 5.84. The molecule has 0 aliphatic heterocycles. The minimum absolute atomic E-state index is 0.915. The molecule has 0 aliphatic carbocycles. The maximum absolute atomic E-state index is 2.38. The van der Waals surface area contributed by atoms with Crippen molar-refractivity contribution in [2.24, 2.45) is 0 Å². The molecule has 0 aromatic heterocycles. The molecule has 0 fully saturated rings. The Bertz CT molecular complexity index is 1440. The van der Waals surface area contributed by atoms with E-state index in [1.807, 2.05) is 0 Å². The number of nitrogens with zero attached hydrogens (tertiary/aromatic N) is 3. The average molecular weight is 528 g/mol. The van der Waals surface area contributed by atoms with Gasteiger partial charge in [-0.2, -0.15) is 0 Å². The van der Waals surface area contributed by atoms with Crippen molar-refractivity contribution in [2.45, 2.75) is 34.1 Å². The Kier molecular flexibility index (Phi) is 8.71. The molecule has 0 saturated heterocycles. The standard InChI is InChI=1S/C37H41N3/c1-5-38(6-2)32-20-24-35(25-21-32)40(36-26-22-33(23-27-36)39(7-3)8-4)34-18-16-29(17-19-34)28-31-14-11-13-30-12-9-10-15-37(30)31/h9-27H,5-8,28H2,1-4H3. The lowest BCUT2D eigenvalue weighted by molar-refractivity contribution is 0.866. The van der Waals surface area contributed by atoms with E-state index < -0.39 is 0 Å². The van der Waals surface area contributed by atoms with Crippen LogP contribution in [0.1, 0.15) is 38.8 Å². The Morgan fingerprint density at radius 3 is 1.35 bits per heavy atom. The second-order valence-electron chi connectivity index (χ2n) is 10.2. The quantitative estimate of drug-likeness (QED) is 0.169. The van der Waals surface area contributed by atoms with Crippen LogP contribution in [-0.4, -0.2) is 26.2 Å². The average Bonchev–Trinajstić information content (AvgIpc) is 3.01. The third-order valence-corrected chi connectivity index (χ3v) is 7.94. The normalized spacial score (nSPS) is 11.0. The Hall–Kier alpha value is -4.24. The van der Waals surface area contributed by atoms with Gasteiger partial charge in [0, 0.05) is 54.6 Å². The highest BCUT2D eigenvalue weighted by Crippen LogP contribution is 2.36. The predicted molar refractivity (Wildman–Crippen MR) is 175 cm³/mol. The predicted octanol–water partition coefficient (Wildman–Crippen LogP) is 9.59. The van der Waals surface area contributed by atoms with E-state index in [-0.39, 0.29) is 0 Å². The number of hydrogen-bond donors (Lipinski definition) is 0. The molecule has 0 aliphatic rings. The molecular formula is C37H41N3. The monoisotopic (exact) mass is 527 g/mol. The SMILES string of the molecule is CCN(CC)c1ccc(N(c2ccc(Cc3cccc4ccccc34)cc2)c2ccc(N(CC)CC)cc2)cc1. The molecule has 0 spiro atoms. The summed E-state index contributed by atoms with van der Waals surface area (Å²) in [6.45, 7) is 12.9. The van der Waals surface area contributed by atoms with Crippen molar-refractivity contribution in [2.75, 3.05) is 40.9 Å². The van der Waals surface area contributed by atoms with Crippen molar-refractivity contribution in [1.29, 1.82) is 0 Å². The molecule has 0 amide bonds. The summed E-state index contributed by atoms with van der Waals surface area (Å²) < 4.78 is 0. The van der Waals surface area contributed by atoms with Gasteiger partial charge in [0.15, 0.2) is 0 Å². The zero-order valence-electron chi connectivity index (χ0n) is 24.3. The molecule has 0 radical (unpaired) electrons.